The molecule has 5 nitrogen and oxygen atoms in total. The summed E-state index contributed by atoms with van der Waals surface area (Å²) in [6, 6.07) is 3.79. The largest absolute Gasteiger partial charge is 0.392 e. The number of aliphatic hydroxyl groups excluding tert-OH is 1. The van der Waals surface area contributed by atoms with Gasteiger partial charge >= 0.3 is 0 Å². The molecule has 0 atom stereocenters. The molecule has 0 aliphatic carbocycles. The first kappa shape index (κ1) is 17.7. The normalized spacial score (nSPS) is 19.4. The molecule has 1 aromatic heterocycles. The molecule has 126 valence electrons. The maximum atomic E-state index is 13.5. The van der Waals surface area contributed by atoms with E-state index < -0.39 is 5.83 Å². The molecule has 0 amide bonds. The lowest BCUT2D eigenvalue weighted by molar-refractivity contribution is 0.327. The zero-order valence-corrected chi connectivity index (χ0v) is 13.6. The number of aromatic nitrogens is 1. The first-order chi connectivity index (χ1) is 11.7. The van der Waals surface area contributed by atoms with Gasteiger partial charge in [0.05, 0.1) is 6.61 Å². The van der Waals surface area contributed by atoms with Crippen molar-refractivity contribution in [3.05, 3.63) is 59.7 Å². The monoisotopic (exact) mass is 328 g/mol. The summed E-state index contributed by atoms with van der Waals surface area (Å²) in [6.45, 7) is 2.03. The van der Waals surface area contributed by atoms with E-state index in [0.29, 0.717) is 6.42 Å². The molecule has 0 saturated carbocycles. The maximum absolute atomic E-state index is 13.5. The van der Waals surface area contributed by atoms with Crippen LogP contribution >= 0.6 is 0 Å². The molecule has 0 spiro atoms. The van der Waals surface area contributed by atoms with Gasteiger partial charge in [0.15, 0.2) is 0 Å². The Hall–Kier alpha value is -2.60. The maximum Gasteiger partial charge on any atom is 0.137 e. The Morgan fingerprint density at radius 2 is 2.21 bits per heavy atom. The van der Waals surface area contributed by atoms with Crippen molar-refractivity contribution in [1.82, 2.24) is 4.98 Å². The second-order valence-corrected chi connectivity index (χ2v) is 5.18. The minimum absolute atomic E-state index is 0.281. The molecule has 2 heterocycles. The molecule has 1 aliphatic rings. The molecular weight excluding hydrogens is 307 g/mol. The number of halogens is 1. The summed E-state index contributed by atoms with van der Waals surface area (Å²) in [5.74, 6) is 0.316. The Bertz CT molecular complexity index is 692. The number of hydrogen-bond acceptors (Lipinski definition) is 3. The van der Waals surface area contributed by atoms with E-state index >= 15 is 0 Å². The van der Waals surface area contributed by atoms with Gasteiger partial charge in [-0.2, -0.15) is 0 Å². The first-order valence-electron chi connectivity index (χ1n) is 7.77. The SMILES string of the molecule is C/C=C(F)\C(=C/C/C=C1\CCN(c2ccncc2)C1=NC=N)CO. The van der Waals surface area contributed by atoms with E-state index in [1.54, 1.807) is 25.4 Å². The van der Waals surface area contributed by atoms with Crippen LogP contribution in [0.15, 0.2) is 64.7 Å². The van der Waals surface area contributed by atoms with Crippen LogP contribution in [0.5, 0.6) is 0 Å². The number of aliphatic imine (C=N–C) groups is 1. The Labute approximate surface area is 141 Å². The third kappa shape index (κ3) is 4.23. The lowest BCUT2D eigenvalue weighted by atomic mass is 10.1. The summed E-state index contributed by atoms with van der Waals surface area (Å²) >= 11 is 0. The number of anilines is 1. The quantitative estimate of drug-likeness (QED) is 0.477. The summed E-state index contributed by atoms with van der Waals surface area (Å²) < 4.78 is 13.5. The first-order valence-corrected chi connectivity index (χ1v) is 7.77. The fraction of sp³-hybridized carbons (Fsp3) is 0.278. The summed E-state index contributed by atoms with van der Waals surface area (Å²) in [5.41, 5.74) is 2.26. The fourth-order valence-electron chi connectivity index (χ4n) is 2.57. The topological polar surface area (TPSA) is 72.6 Å². The highest BCUT2D eigenvalue weighted by Gasteiger charge is 2.24. The molecule has 1 fully saturated rings. The molecule has 2 N–H and O–H groups in total. The Morgan fingerprint density at radius 3 is 2.83 bits per heavy atom. The van der Waals surface area contributed by atoms with Crippen molar-refractivity contribution in [2.24, 2.45) is 4.99 Å². The van der Waals surface area contributed by atoms with Crippen LogP contribution in [0.4, 0.5) is 10.1 Å². The highest BCUT2D eigenvalue weighted by molar-refractivity contribution is 6.14. The van der Waals surface area contributed by atoms with Crippen LogP contribution in [0, 0.1) is 5.41 Å². The van der Waals surface area contributed by atoms with Crippen LogP contribution < -0.4 is 4.90 Å². The van der Waals surface area contributed by atoms with Gasteiger partial charge in [-0.05, 0) is 37.5 Å². The molecule has 2 rings (SSSR count). The highest BCUT2D eigenvalue weighted by Crippen LogP contribution is 2.25. The lowest BCUT2D eigenvalue weighted by Crippen LogP contribution is -2.25. The van der Waals surface area contributed by atoms with Crippen molar-refractivity contribution in [3.63, 3.8) is 0 Å². The van der Waals surface area contributed by atoms with Crippen molar-refractivity contribution in [3.8, 4) is 0 Å². The van der Waals surface area contributed by atoms with Gasteiger partial charge in [-0.1, -0.05) is 18.2 Å². The van der Waals surface area contributed by atoms with Crippen molar-refractivity contribution >= 4 is 17.9 Å². The fourth-order valence-corrected chi connectivity index (χ4v) is 2.57. The van der Waals surface area contributed by atoms with E-state index in [-0.39, 0.29) is 12.2 Å². The summed E-state index contributed by atoms with van der Waals surface area (Å²) in [6.07, 6.45) is 10.7. The number of aliphatic hydroxyl groups is 1. The van der Waals surface area contributed by atoms with Crippen LogP contribution in [0.3, 0.4) is 0 Å². The molecule has 0 aromatic carbocycles. The Morgan fingerprint density at radius 1 is 1.46 bits per heavy atom. The Kier molecular flexibility index (Phi) is 6.57. The molecule has 0 bridgehead atoms. The number of pyridine rings is 1. The van der Waals surface area contributed by atoms with Gasteiger partial charge in [-0.25, -0.2) is 9.38 Å². The molecule has 0 radical (unpaired) electrons. The number of hydrogen-bond donors (Lipinski definition) is 2. The number of amidine groups is 1. The van der Waals surface area contributed by atoms with Crippen LogP contribution in [0.25, 0.3) is 0 Å². The standard InChI is InChI=1S/C18H21FN4O/c1-2-17(19)15(12-24)5-3-4-14-8-11-23(18(14)22-13-20)16-6-9-21-10-7-16/h2,4-7,9-10,13,20,24H,3,8,11-12H2,1H3/b14-4+,15-5-,17-2+,20-13?,22-18?. The third-order valence-electron chi connectivity index (χ3n) is 3.77. The smallest absolute Gasteiger partial charge is 0.137 e. The van der Waals surface area contributed by atoms with Gasteiger partial charge in [0.25, 0.3) is 0 Å². The molecular formula is C18H21FN4O. The van der Waals surface area contributed by atoms with E-state index in [9.17, 15) is 9.50 Å². The zero-order valence-electron chi connectivity index (χ0n) is 13.6. The van der Waals surface area contributed by atoms with E-state index in [1.807, 2.05) is 23.1 Å². The van der Waals surface area contributed by atoms with Gasteiger partial charge < -0.3 is 10.0 Å². The predicted octanol–water partition coefficient (Wildman–Crippen LogP) is 3.41. The van der Waals surface area contributed by atoms with E-state index in [2.05, 4.69) is 9.98 Å². The van der Waals surface area contributed by atoms with Crippen LogP contribution in [0.1, 0.15) is 19.8 Å². The number of rotatable bonds is 6. The molecule has 6 heteroatoms. The zero-order chi connectivity index (χ0) is 17.4. The number of allylic oxidation sites excluding steroid dienone is 3. The molecule has 1 aromatic rings. The average molecular weight is 328 g/mol. The second-order valence-electron chi connectivity index (χ2n) is 5.18. The van der Waals surface area contributed by atoms with Gasteiger partial charge in [-0.15, -0.1) is 0 Å². The van der Waals surface area contributed by atoms with E-state index in [4.69, 9.17) is 5.41 Å². The van der Waals surface area contributed by atoms with Gasteiger partial charge in [0.2, 0.25) is 0 Å². The highest BCUT2D eigenvalue weighted by atomic mass is 19.1. The van der Waals surface area contributed by atoms with Gasteiger partial charge in [0, 0.05) is 30.2 Å². The molecule has 1 aliphatic heterocycles. The predicted molar refractivity (Wildman–Crippen MR) is 95.2 cm³/mol. The van der Waals surface area contributed by atoms with Gasteiger partial charge in [-0.3, -0.25) is 10.4 Å². The number of nitrogens with zero attached hydrogens (tertiary/aromatic N) is 3. The number of nitrogens with one attached hydrogen (secondary N) is 1. The Balaban J connectivity index is 2.20. The van der Waals surface area contributed by atoms with Crippen LogP contribution in [0.2, 0.25) is 0 Å². The van der Waals surface area contributed by atoms with Crippen molar-refractivity contribution < 1.29 is 9.50 Å². The van der Waals surface area contributed by atoms with Crippen molar-refractivity contribution in [2.75, 3.05) is 18.1 Å². The average Bonchev–Trinajstić information content (AvgIpc) is 3.02. The van der Waals surface area contributed by atoms with Crippen molar-refractivity contribution in [1.29, 1.82) is 5.41 Å². The summed E-state index contributed by atoms with van der Waals surface area (Å²) in [7, 11) is 0. The minimum atomic E-state index is -0.408. The lowest BCUT2D eigenvalue weighted by Gasteiger charge is -2.18. The molecule has 1 saturated heterocycles. The van der Waals surface area contributed by atoms with Gasteiger partial charge in [0.1, 0.15) is 18.0 Å². The summed E-state index contributed by atoms with van der Waals surface area (Å²) in [5, 5.41) is 16.5. The summed E-state index contributed by atoms with van der Waals surface area (Å²) in [4.78, 5) is 10.2. The van der Waals surface area contributed by atoms with E-state index in [0.717, 1.165) is 36.4 Å². The van der Waals surface area contributed by atoms with Crippen LogP contribution in [-0.4, -0.2) is 35.4 Å². The second kappa shape index (κ2) is 8.88. The third-order valence-corrected chi connectivity index (χ3v) is 3.77. The van der Waals surface area contributed by atoms with E-state index in [1.165, 1.54) is 6.08 Å². The van der Waals surface area contributed by atoms with Crippen LogP contribution in [-0.2, 0) is 0 Å². The van der Waals surface area contributed by atoms with Crippen molar-refractivity contribution in [2.45, 2.75) is 19.8 Å². The molecule has 0 unspecified atom stereocenters. The minimum Gasteiger partial charge on any atom is -0.392 e. The molecule has 24 heavy (non-hydrogen) atoms.